The fraction of sp³-hybridized carbons (Fsp3) is 0.852. The molecule has 1 amide bonds. The van der Waals surface area contributed by atoms with Crippen molar-refractivity contribution >= 4 is 30.9 Å². The van der Waals surface area contributed by atoms with Crippen LogP contribution in [0, 0.1) is 0 Å². The minimum atomic E-state index is -2.40. The van der Waals surface area contributed by atoms with E-state index in [1.807, 2.05) is 19.0 Å². The third-order valence-corrected chi connectivity index (χ3v) is 7.43. The zero-order valence-corrected chi connectivity index (χ0v) is 23.7. The molecule has 0 rings (SSSR count). The minimum Gasteiger partial charge on any atom is -0.360 e. The SMILES string of the molecule is CCCCCCCCCCCCCCC(=O)CC(CC(=O)P(O)C(=O)CCCN(C)C)NC(C)=O. The van der Waals surface area contributed by atoms with Crippen molar-refractivity contribution < 1.29 is 24.1 Å². The third kappa shape index (κ3) is 20.7. The number of carbonyl (C=O) groups is 4. The number of Topliss-reactive ketones (excluding diaryl/α,β-unsaturated/α-hetero) is 1. The molecule has 0 aromatic rings. The monoisotopic (exact) mass is 514 g/mol. The van der Waals surface area contributed by atoms with E-state index in [9.17, 15) is 24.1 Å². The smallest absolute Gasteiger partial charge is 0.217 e. The molecule has 0 saturated carbocycles. The number of hydrogen-bond acceptors (Lipinski definition) is 6. The molecule has 0 fully saturated rings. The van der Waals surface area contributed by atoms with Crippen LogP contribution in [0.3, 0.4) is 0 Å². The Kier molecular flexibility index (Phi) is 21.3. The first-order valence-electron chi connectivity index (χ1n) is 13.7. The average Bonchev–Trinajstić information content (AvgIpc) is 2.78. The van der Waals surface area contributed by atoms with Gasteiger partial charge in [-0.25, -0.2) is 0 Å². The number of hydrogen-bond donors (Lipinski definition) is 2. The quantitative estimate of drug-likeness (QED) is 0.126. The van der Waals surface area contributed by atoms with Crippen LogP contribution in [0.2, 0.25) is 0 Å². The van der Waals surface area contributed by atoms with E-state index < -0.39 is 25.2 Å². The van der Waals surface area contributed by atoms with Crippen LogP contribution in [0.25, 0.3) is 0 Å². The largest absolute Gasteiger partial charge is 0.360 e. The first-order valence-corrected chi connectivity index (χ1v) is 14.9. The molecule has 204 valence electrons. The molecule has 8 heteroatoms. The number of ketones is 1. The van der Waals surface area contributed by atoms with E-state index in [1.54, 1.807) is 0 Å². The maximum atomic E-state index is 12.4. The van der Waals surface area contributed by atoms with E-state index in [0.717, 1.165) is 19.3 Å². The molecule has 0 aliphatic rings. The number of amides is 1. The van der Waals surface area contributed by atoms with Gasteiger partial charge in [0.1, 0.15) is 5.78 Å². The normalized spacial score (nSPS) is 13.0. The van der Waals surface area contributed by atoms with Crippen LogP contribution in [0.4, 0.5) is 0 Å². The van der Waals surface area contributed by atoms with Gasteiger partial charge in [-0.15, -0.1) is 0 Å². The van der Waals surface area contributed by atoms with Crippen molar-refractivity contribution in [2.75, 3.05) is 20.6 Å². The van der Waals surface area contributed by atoms with Gasteiger partial charge >= 0.3 is 0 Å². The second-order valence-corrected chi connectivity index (χ2v) is 11.6. The van der Waals surface area contributed by atoms with Crippen LogP contribution in [-0.2, 0) is 19.2 Å². The summed E-state index contributed by atoms with van der Waals surface area (Å²) in [7, 11) is 1.38. The molecule has 2 N–H and O–H groups in total. The molecule has 35 heavy (non-hydrogen) atoms. The van der Waals surface area contributed by atoms with Crippen LogP contribution >= 0.6 is 8.15 Å². The Morgan fingerprint density at radius 2 is 1.26 bits per heavy atom. The summed E-state index contributed by atoms with van der Waals surface area (Å²) in [5, 5.41) is 2.64. The second kappa shape index (κ2) is 22.1. The summed E-state index contributed by atoms with van der Waals surface area (Å²) in [6.07, 6.45) is 15.7. The van der Waals surface area contributed by atoms with Gasteiger partial charge in [-0.05, 0) is 33.5 Å². The maximum Gasteiger partial charge on any atom is 0.217 e. The molecule has 0 aliphatic heterocycles. The van der Waals surface area contributed by atoms with Gasteiger partial charge in [0.15, 0.2) is 19.2 Å². The van der Waals surface area contributed by atoms with Crippen molar-refractivity contribution in [1.29, 1.82) is 0 Å². The predicted octanol–water partition coefficient (Wildman–Crippen LogP) is 5.72. The van der Waals surface area contributed by atoms with Gasteiger partial charge in [-0.1, -0.05) is 77.6 Å². The molecule has 0 aliphatic carbocycles. The number of nitrogens with zero attached hydrogens (tertiary/aromatic N) is 1. The van der Waals surface area contributed by atoms with Crippen LogP contribution in [-0.4, -0.2) is 59.2 Å². The first kappa shape index (κ1) is 33.8. The molecule has 0 radical (unpaired) electrons. The van der Waals surface area contributed by atoms with Crippen LogP contribution in [0.1, 0.15) is 123 Å². The number of carbonyl (C=O) groups excluding carboxylic acids is 4. The van der Waals surface area contributed by atoms with E-state index in [2.05, 4.69) is 12.2 Å². The molecule has 2 atom stereocenters. The Labute approximate surface area is 215 Å². The van der Waals surface area contributed by atoms with Crippen molar-refractivity contribution in [2.45, 2.75) is 129 Å². The van der Waals surface area contributed by atoms with Gasteiger partial charge in [0.2, 0.25) is 5.91 Å². The summed E-state index contributed by atoms with van der Waals surface area (Å²) in [5.74, 6) is -0.330. The zero-order valence-electron chi connectivity index (χ0n) is 22.8. The van der Waals surface area contributed by atoms with E-state index in [4.69, 9.17) is 0 Å². The number of nitrogens with one attached hydrogen (secondary N) is 1. The van der Waals surface area contributed by atoms with Gasteiger partial charge in [-0.2, -0.15) is 0 Å². The molecule has 0 heterocycles. The van der Waals surface area contributed by atoms with E-state index in [0.29, 0.717) is 19.4 Å². The van der Waals surface area contributed by atoms with Gasteiger partial charge in [0, 0.05) is 38.6 Å². The summed E-state index contributed by atoms with van der Waals surface area (Å²) >= 11 is 0. The van der Waals surface area contributed by atoms with Crippen LogP contribution in [0.15, 0.2) is 0 Å². The van der Waals surface area contributed by atoms with Crippen molar-refractivity contribution in [3.63, 3.8) is 0 Å². The van der Waals surface area contributed by atoms with Crippen LogP contribution in [0.5, 0.6) is 0 Å². The highest BCUT2D eigenvalue weighted by molar-refractivity contribution is 7.84. The fourth-order valence-electron chi connectivity index (χ4n) is 4.09. The van der Waals surface area contributed by atoms with Crippen molar-refractivity contribution in [3.8, 4) is 0 Å². The lowest BCUT2D eigenvalue weighted by molar-refractivity contribution is -0.122. The Bertz CT molecular complexity index is 612. The van der Waals surface area contributed by atoms with Crippen molar-refractivity contribution in [2.24, 2.45) is 0 Å². The Balaban J connectivity index is 4.15. The van der Waals surface area contributed by atoms with E-state index in [-0.39, 0.29) is 31.0 Å². The first-order chi connectivity index (χ1) is 16.7. The molecule has 7 nitrogen and oxygen atoms in total. The lowest BCUT2D eigenvalue weighted by Crippen LogP contribution is -2.36. The lowest BCUT2D eigenvalue weighted by atomic mass is 10.0. The predicted molar refractivity (Wildman–Crippen MR) is 144 cm³/mol. The van der Waals surface area contributed by atoms with Gasteiger partial charge in [0.05, 0.1) is 0 Å². The summed E-state index contributed by atoms with van der Waals surface area (Å²) in [4.78, 5) is 60.6. The molecular weight excluding hydrogens is 463 g/mol. The molecule has 2 unspecified atom stereocenters. The summed E-state index contributed by atoms with van der Waals surface area (Å²) in [5.41, 5.74) is -1.02. The second-order valence-electron chi connectivity index (χ2n) is 9.99. The molecular formula is C27H51N2O5P. The minimum absolute atomic E-state index is 0.00297. The third-order valence-electron chi connectivity index (χ3n) is 6.08. The van der Waals surface area contributed by atoms with Gasteiger partial charge in [-0.3, -0.25) is 19.2 Å². The van der Waals surface area contributed by atoms with E-state index >= 15 is 0 Å². The molecule has 0 saturated heterocycles. The summed E-state index contributed by atoms with van der Waals surface area (Å²) in [6, 6.07) is -0.670. The Morgan fingerprint density at radius 3 is 1.74 bits per heavy atom. The van der Waals surface area contributed by atoms with E-state index in [1.165, 1.54) is 64.7 Å². The number of rotatable bonds is 24. The highest BCUT2D eigenvalue weighted by Gasteiger charge is 2.27. The standard InChI is InChI=1S/C27H51N2O5P/c1-5-6-7-8-9-10-11-12-13-14-15-16-18-25(31)21-24(28-23(2)30)22-27(33)35(34)26(32)19-17-20-29(3)4/h24,34H,5-22H2,1-4H3,(H,28,30). The zero-order chi connectivity index (χ0) is 26.5. The van der Waals surface area contributed by atoms with Gasteiger partial charge < -0.3 is 15.1 Å². The van der Waals surface area contributed by atoms with Crippen molar-refractivity contribution in [1.82, 2.24) is 10.2 Å². The fourth-order valence-corrected chi connectivity index (χ4v) is 5.13. The molecule has 0 aromatic heterocycles. The summed E-state index contributed by atoms with van der Waals surface area (Å²) in [6.45, 7) is 4.27. The molecule has 0 aromatic carbocycles. The van der Waals surface area contributed by atoms with Crippen molar-refractivity contribution in [3.05, 3.63) is 0 Å². The molecule has 0 bridgehead atoms. The highest BCUT2D eigenvalue weighted by atomic mass is 31.1. The molecule has 0 spiro atoms. The highest BCUT2D eigenvalue weighted by Crippen LogP contribution is 2.36. The van der Waals surface area contributed by atoms with Gasteiger partial charge in [0.25, 0.3) is 0 Å². The Hall–Kier alpha value is -1.17. The average molecular weight is 515 g/mol. The summed E-state index contributed by atoms with van der Waals surface area (Å²) < 4.78 is 0. The number of unbranched alkanes of at least 4 members (excludes halogenated alkanes) is 11. The topological polar surface area (TPSA) is 104 Å². The lowest BCUT2D eigenvalue weighted by Gasteiger charge is -2.18. The van der Waals surface area contributed by atoms with Crippen LogP contribution < -0.4 is 5.32 Å². The maximum absolute atomic E-state index is 12.4. The Morgan fingerprint density at radius 1 is 0.743 bits per heavy atom.